The molecule has 104 valence electrons. The van der Waals surface area contributed by atoms with Crippen LogP contribution in [0, 0.1) is 0 Å². The van der Waals surface area contributed by atoms with Gasteiger partial charge in [-0.2, -0.15) is 0 Å². The lowest BCUT2D eigenvalue weighted by Crippen LogP contribution is -2.00. The van der Waals surface area contributed by atoms with Crippen molar-refractivity contribution in [1.29, 1.82) is 0 Å². The number of unbranched alkanes of at least 4 members (excludes halogenated alkanes) is 1. The Morgan fingerprint density at radius 1 is 0.500 bits per heavy atom. The highest BCUT2D eigenvalue weighted by molar-refractivity contribution is 5.75. The predicted molar refractivity (Wildman–Crippen MR) is 58.2 cm³/mol. The molecule has 0 aliphatic rings. The van der Waals surface area contributed by atoms with E-state index < -0.39 is 23.9 Å². The van der Waals surface area contributed by atoms with Crippen LogP contribution in [0.15, 0.2) is 0 Å². The maximum atomic E-state index is 9.90. The van der Waals surface area contributed by atoms with E-state index in [1.54, 1.807) is 0 Å². The molecule has 0 saturated carbocycles. The Balaban J connectivity index is 0. The molecule has 0 amide bonds. The summed E-state index contributed by atoms with van der Waals surface area (Å²) in [5.41, 5.74) is 0. The number of hydrogen-bond donors (Lipinski definition) is 4. The van der Waals surface area contributed by atoms with Gasteiger partial charge in [-0.3, -0.25) is 19.2 Å². The number of aliphatic carboxylic acids is 4. The van der Waals surface area contributed by atoms with Crippen molar-refractivity contribution < 1.29 is 39.6 Å². The second-order valence-electron chi connectivity index (χ2n) is 3.28. The van der Waals surface area contributed by atoms with Crippen LogP contribution in [0.2, 0.25) is 0 Å². The molecule has 0 heterocycles. The quantitative estimate of drug-likeness (QED) is 0.467. The smallest absolute Gasteiger partial charge is 0.303 e. The monoisotopic (exact) mass is 264 g/mol. The summed E-state index contributed by atoms with van der Waals surface area (Å²) in [6.45, 7) is 0. The van der Waals surface area contributed by atoms with Gasteiger partial charge in [-0.1, -0.05) is 0 Å². The first-order chi connectivity index (χ1) is 8.25. The Labute approximate surface area is 103 Å². The Morgan fingerprint density at radius 3 is 0.889 bits per heavy atom. The van der Waals surface area contributed by atoms with Crippen molar-refractivity contribution >= 4 is 23.9 Å². The van der Waals surface area contributed by atoms with Crippen LogP contribution < -0.4 is 0 Å². The largest absolute Gasteiger partial charge is 0.481 e. The number of carboxylic acid groups (broad SMARTS) is 4. The fourth-order valence-corrected chi connectivity index (χ4v) is 0.766. The lowest BCUT2D eigenvalue weighted by atomic mass is 10.2. The molecule has 18 heavy (non-hydrogen) atoms. The molecule has 0 aliphatic heterocycles. The highest BCUT2D eigenvalue weighted by Crippen LogP contribution is 1.98. The van der Waals surface area contributed by atoms with Crippen LogP contribution in [0.4, 0.5) is 0 Å². The minimum absolute atomic E-state index is 0.0628. The van der Waals surface area contributed by atoms with E-state index in [0.29, 0.717) is 12.8 Å². The topological polar surface area (TPSA) is 149 Å². The molecule has 0 rings (SSSR count). The SMILES string of the molecule is O=C(O)CCC(=O)O.O=C(O)CCCCC(=O)O. The summed E-state index contributed by atoms with van der Waals surface area (Å²) in [5, 5.41) is 32.1. The van der Waals surface area contributed by atoms with E-state index in [4.69, 9.17) is 20.4 Å². The van der Waals surface area contributed by atoms with Crippen LogP contribution >= 0.6 is 0 Å². The third-order valence-electron chi connectivity index (χ3n) is 1.58. The molecule has 0 radical (unpaired) electrons. The zero-order chi connectivity index (χ0) is 14.6. The normalized spacial score (nSPS) is 8.89. The second kappa shape index (κ2) is 11.4. The van der Waals surface area contributed by atoms with Gasteiger partial charge in [-0.05, 0) is 12.8 Å². The number of rotatable bonds is 8. The third kappa shape index (κ3) is 23.6. The van der Waals surface area contributed by atoms with Crippen molar-refractivity contribution in [2.24, 2.45) is 0 Å². The Hall–Kier alpha value is -2.12. The summed E-state index contributed by atoms with van der Waals surface area (Å²) in [4.78, 5) is 39.1. The summed E-state index contributed by atoms with van der Waals surface area (Å²) < 4.78 is 0. The van der Waals surface area contributed by atoms with Crippen LogP contribution in [-0.4, -0.2) is 44.3 Å². The van der Waals surface area contributed by atoms with Crippen molar-refractivity contribution in [2.45, 2.75) is 38.5 Å². The molecule has 0 unspecified atom stereocenters. The zero-order valence-electron chi connectivity index (χ0n) is 9.66. The minimum Gasteiger partial charge on any atom is -0.481 e. The predicted octanol–water partition coefficient (Wildman–Crippen LogP) is 0.652. The lowest BCUT2D eigenvalue weighted by Gasteiger charge is -1.92. The van der Waals surface area contributed by atoms with E-state index in [-0.39, 0.29) is 25.7 Å². The molecule has 4 N–H and O–H groups in total. The van der Waals surface area contributed by atoms with E-state index in [2.05, 4.69) is 0 Å². The Kier molecular flexibility index (Phi) is 11.5. The molecule has 0 fully saturated rings. The van der Waals surface area contributed by atoms with E-state index in [1.165, 1.54) is 0 Å². The first-order valence-electron chi connectivity index (χ1n) is 5.13. The minimum atomic E-state index is -1.08. The fraction of sp³-hybridized carbons (Fsp3) is 0.600. The molecule has 0 aliphatic carbocycles. The van der Waals surface area contributed by atoms with Gasteiger partial charge in [-0.15, -0.1) is 0 Å². The molecular formula is C10H16O8. The van der Waals surface area contributed by atoms with Gasteiger partial charge >= 0.3 is 23.9 Å². The number of carbonyl (C=O) groups is 4. The van der Waals surface area contributed by atoms with Crippen molar-refractivity contribution in [3.63, 3.8) is 0 Å². The van der Waals surface area contributed by atoms with Crippen molar-refractivity contribution in [2.75, 3.05) is 0 Å². The summed E-state index contributed by atoms with van der Waals surface area (Å²) in [6.07, 6.45) is 0.425. The van der Waals surface area contributed by atoms with Gasteiger partial charge in [-0.25, -0.2) is 0 Å². The maximum Gasteiger partial charge on any atom is 0.303 e. The van der Waals surface area contributed by atoms with Gasteiger partial charge in [0.15, 0.2) is 0 Å². The maximum absolute atomic E-state index is 9.90. The van der Waals surface area contributed by atoms with Crippen molar-refractivity contribution in [3.05, 3.63) is 0 Å². The molecule has 0 atom stereocenters. The fourth-order valence-electron chi connectivity index (χ4n) is 0.766. The summed E-state index contributed by atoms with van der Waals surface area (Å²) in [7, 11) is 0. The van der Waals surface area contributed by atoms with E-state index in [0.717, 1.165) is 0 Å². The molecular weight excluding hydrogens is 248 g/mol. The van der Waals surface area contributed by atoms with Crippen LogP contribution in [0.25, 0.3) is 0 Å². The van der Waals surface area contributed by atoms with Crippen molar-refractivity contribution in [1.82, 2.24) is 0 Å². The first-order valence-corrected chi connectivity index (χ1v) is 5.13. The molecule has 0 spiro atoms. The van der Waals surface area contributed by atoms with Gasteiger partial charge in [0, 0.05) is 12.8 Å². The number of hydrogen-bond acceptors (Lipinski definition) is 4. The van der Waals surface area contributed by atoms with Gasteiger partial charge in [0.05, 0.1) is 12.8 Å². The average molecular weight is 264 g/mol. The first kappa shape index (κ1) is 18.3. The molecule has 0 saturated heterocycles. The van der Waals surface area contributed by atoms with Crippen LogP contribution in [-0.2, 0) is 19.2 Å². The van der Waals surface area contributed by atoms with Gasteiger partial charge in [0.25, 0.3) is 0 Å². The molecule has 0 aromatic carbocycles. The zero-order valence-corrected chi connectivity index (χ0v) is 9.66. The highest BCUT2D eigenvalue weighted by Gasteiger charge is 2.00. The molecule has 8 heteroatoms. The molecule has 0 aromatic rings. The third-order valence-corrected chi connectivity index (χ3v) is 1.58. The lowest BCUT2D eigenvalue weighted by molar-refractivity contribution is -0.143. The van der Waals surface area contributed by atoms with E-state index >= 15 is 0 Å². The van der Waals surface area contributed by atoms with Gasteiger partial charge in [0.1, 0.15) is 0 Å². The number of carboxylic acids is 4. The average Bonchev–Trinajstić information content (AvgIpc) is 2.22. The van der Waals surface area contributed by atoms with E-state index in [9.17, 15) is 19.2 Å². The van der Waals surface area contributed by atoms with Crippen LogP contribution in [0.3, 0.4) is 0 Å². The summed E-state index contributed by atoms with van der Waals surface area (Å²) in [5.74, 6) is -3.89. The van der Waals surface area contributed by atoms with Crippen molar-refractivity contribution in [3.8, 4) is 0 Å². The second-order valence-corrected chi connectivity index (χ2v) is 3.28. The summed E-state index contributed by atoms with van der Waals surface area (Å²) in [6, 6.07) is 0. The molecule has 0 aromatic heterocycles. The van der Waals surface area contributed by atoms with E-state index in [1.807, 2.05) is 0 Å². The standard InChI is InChI=1S/C6H10O4.C4H6O4/c7-5(8)3-1-2-4-6(9)10;5-3(6)1-2-4(7)8/h1-4H2,(H,7,8)(H,9,10);1-2H2,(H,5,6)(H,7,8). The van der Waals surface area contributed by atoms with Gasteiger partial charge in [0.2, 0.25) is 0 Å². The van der Waals surface area contributed by atoms with Crippen LogP contribution in [0.1, 0.15) is 38.5 Å². The van der Waals surface area contributed by atoms with Crippen LogP contribution in [0.5, 0.6) is 0 Å². The van der Waals surface area contributed by atoms with Gasteiger partial charge < -0.3 is 20.4 Å². The Bertz CT molecular complexity index is 266. The summed E-state index contributed by atoms with van der Waals surface area (Å²) >= 11 is 0. The molecule has 8 nitrogen and oxygen atoms in total. The Morgan fingerprint density at radius 2 is 0.722 bits per heavy atom. The molecule has 0 bridgehead atoms. The highest BCUT2D eigenvalue weighted by atomic mass is 16.4.